The number of hydrogen-bond acceptors (Lipinski definition) is 4. The highest BCUT2D eigenvalue weighted by molar-refractivity contribution is 6.09. The Hall–Kier alpha value is -3.02. The molecule has 0 spiro atoms. The van der Waals surface area contributed by atoms with Gasteiger partial charge in [0.2, 0.25) is 0 Å². The molecule has 0 radical (unpaired) electrons. The number of hydrogen-bond donors (Lipinski definition) is 4. The number of carbonyl (C=O) groups is 2. The van der Waals surface area contributed by atoms with Gasteiger partial charge in [0.15, 0.2) is 0 Å². The maximum Gasteiger partial charge on any atom is 0.337 e. The fraction of sp³-hybridized carbons (Fsp3) is 0. The molecule has 20 heavy (non-hydrogen) atoms. The van der Waals surface area contributed by atoms with Gasteiger partial charge in [0.05, 0.1) is 16.8 Å². The summed E-state index contributed by atoms with van der Waals surface area (Å²) >= 11 is 0. The molecule has 0 heterocycles. The Balaban J connectivity index is 2.35. The molecule has 6 nitrogen and oxygen atoms in total. The van der Waals surface area contributed by atoms with Gasteiger partial charge in [-0.1, -0.05) is 12.1 Å². The number of amides is 1. The summed E-state index contributed by atoms with van der Waals surface area (Å²) in [5.74, 6) is -2.31. The van der Waals surface area contributed by atoms with Crippen molar-refractivity contribution in [3.63, 3.8) is 0 Å². The zero-order chi connectivity index (χ0) is 14.7. The molecule has 0 fully saturated rings. The maximum absolute atomic E-state index is 12.0. The third-order valence-electron chi connectivity index (χ3n) is 2.63. The number of carbonyl (C=O) groups excluding carboxylic acids is 1. The number of rotatable bonds is 3. The van der Waals surface area contributed by atoms with Crippen LogP contribution >= 0.6 is 0 Å². The van der Waals surface area contributed by atoms with Crippen molar-refractivity contribution in [1.82, 2.24) is 0 Å². The minimum atomic E-state index is -1.24. The summed E-state index contributed by atoms with van der Waals surface area (Å²) in [7, 11) is 0. The summed E-state index contributed by atoms with van der Waals surface area (Å²) in [5.41, 5.74) is -0.204. The molecule has 0 atom stereocenters. The lowest BCUT2D eigenvalue weighted by molar-refractivity contribution is 0.0698. The van der Waals surface area contributed by atoms with Gasteiger partial charge < -0.3 is 20.6 Å². The van der Waals surface area contributed by atoms with Gasteiger partial charge >= 0.3 is 5.97 Å². The zero-order valence-electron chi connectivity index (χ0n) is 10.2. The number of aromatic carboxylic acids is 1. The molecular formula is C14H11NO5. The highest BCUT2D eigenvalue weighted by atomic mass is 16.4. The lowest BCUT2D eigenvalue weighted by Crippen LogP contribution is -2.14. The van der Waals surface area contributed by atoms with Gasteiger partial charge in [-0.3, -0.25) is 4.79 Å². The van der Waals surface area contributed by atoms with Crippen LogP contribution in [-0.2, 0) is 0 Å². The minimum Gasteiger partial charge on any atom is -0.508 e. The topological polar surface area (TPSA) is 107 Å². The maximum atomic E-state index is 12.0. The monoisotopic (exact) mass is 273 g/mol. The molecule has 0 aromatic heterocycles. The Morgan fingerprint density at radius 2 is 1.65 bits per heavy atom. The van der Waals surface area contributed by atoms with Crippen LogP contribution in [0.2, 0.25) is 0 Å². The SMILES string of the molecule is O=C(Nc1cc(O)ccc1C(=O)O)c1ccccc1O. The van der Waals surface area contributed by atoms with Crippen LogP contribution in [-0.4, -0.2) is 27.2 Å². The number of benzene rings is 2. The van der Waals surface area contributed by atoms with Crippen LogP contribution in [0.4, 0.5) is 5.69 Å². The molecule has 0 unspecified atom stereocenters. The van der Waals surface area contributed by atoms with E-state index in [0.717, 1.165) is 6.07 Å². The van der Waals surface area contributed by atoms with E-state index in [1.54, 1.807) is 12.1 Å². The minimum absolute atomic E-state index is 0.00665. The summed E-state index contributed by atoms with van der Waals surface area (Å²) < 4.78 is 0. The van der Waals surface area contributed by atoms with E-state index in [0.29, 0.717) is 0 Å². The van der Waals surface area contributed by atoms with Gasteiger partial charge in [-0.2, -0.15) is 0 Å². The van der Waals surface area contributed by atoms with Gasteiger partial charge in [0.1, 0.15) is 11.5 Å². The Bertz CT molecular complexity index is 681. The first kappa shape index (κ1) is 13.4. The summed E-state index contributed by atoms with van der Waals surface area (Å²) in [5, 5.41) is 30.3. The van der Waals surface area contributed by atoms with E-state index < -0.39 is 11.9 Å². The number of anilines is 1. The Kier molecular flexibility index (Phi) is 3.56. The van der Waals surface area contributed by atoms with Crippen LogP contribution in [0.1, 0.15) is 20.7 Å². The standard InChI is InChI=1S/C14H11NO5/c16-8-5-6-9(14(19)20)11(7-8)15-13(18)10-3-1-2-4-12(10)17/h1-7,16-17H,(H,15,18)(H,19,20). The second kappa shape index (κ2) is 5.31. The second-order valence-corrected chi connectivity index (χ2v) is 4.01. The van der Waals surface area contributed by atoms with Crippen LogP contribution in [0.25, 0.3) is 0 Å². The summed E-state index contributed by atoms with van der Waals surface area (Å²) in [6.45, 7) is 0. The Morgan fingerprint density at radius 1 is 0.950 bits per heavy atom. The number of para-hydroxylation sites is 1. The van der Waals surface area contributed by atoms with Gasteiger partial charge in [-0.05, 0) is 24.3 Å². The van der Waals surface area contributed by atoms with Crippen molar-refractivity contribution < 1.29 is 24.9 Å². The van der Waals surface area contributed by atoms with E-state index in [2.05, 4.69) is 5.32 Å². The van der Waals surface area contributed by atoms with Crippen molar-refractivity contribution in [2.45, 2.75) is 0 Å². The van der Waals surface area contributed by atoms with E-state index >= 15 is 0 Å². The molecule has 6 heteroatoms. The van der Waals surface area contributed by atoms with E-state index in [1.807, 2.05) is 0 Å². The van der Waals surface area contributed by atoms with Gasteiger partial charge in [0, 0.05) is 6.07 Å². The van der Waals surface area contributed by atoms with E-state index in [9.17, 15) is 19.8 Å². The molecule has 0 aliphatic heterocycles. The number of phenols is 2. The number of phenolic OH excluding ortho intramolecular Hbond substituents is 2. The molecule has 0 saturated carbocycles. The summed E-state index contributed by atoms with van der Waals surface area (Å²) in [4.78, 5) is 23.0. The highest BCUT2D eigenvalue weighted by Crippen LogP contribution is 2.24. The summed E-state index contributed by atoms with van der Waals surface area (Å²) in [6.07, 6.45) is 0. The first-order valence-corrected chi connectivity index (χ1v) is 5.64. The number of aromatic hydroxyl groups is 2. The van der Waals surface area contributed by atoms with Gasteiger partial charge in [-0.15, -0.1) is 0 Å². The van der Waals surface area contributed by atoms with Crippen molar-refractivity contribution in [3.8, 4) is 11.5 Å². The van der Waals surface area contributed by atoms with Crippen molar-refractivity contribution in [2.24, 2.45) is 0 Å². The normalized spacial score (nSPS) is 10.0. The van der Waals surface area contributed by atoms with Crippen LogP contribution in [0, 0.1) is 0 Å². The molecule has 0 aliphatic carbocycles. The average Bonchev–Trinajstić information content (AvgIpc) is 2.38. The Morgan fingerprint density at radius 3 is 2.30 bits per heavy atom. The van der Waals surface area contributed by atoms with Gasteiger partial charge in [-0.25, -0.2) is 4.79 Å². The first-order chi connectivity index (χ1) is 9.49. The predicted molar refractivity (Wildman–Crippen MR) is 71.1 cm³/mol. The molecule has 2 rings (SSSR count). The average molecular weight is 273 g/mol. The largest absolute Gasteiger partial charge is 0.508 e. The molecule has 2 aromatic carbocycles. The predicted octanol–water partition coefficient (Wildman–Crippen LogP) is 2.05. The van der Waals surface area contributed by atoms with Crippen LogP contribution < -0.4 is 5.32 Å². The van der Waals surface area contributed by atoms with Crippen LogP contribution in [0.3, 0.4) is 0 Å². The van der Waals surface area contributed by atoms with Gasteiger partial charge in [0.25, 0.3) is 5.91 Å². The van der Waals surface area contributed by atoms with Crippen LogP contribution in [0.5, 0.6) is 11.5 Å². The fourth-order valence-corrected chi connectivity index (χ4v) is 1.68. The van der Waals surface area contributed by atoms with E-state index in [-0.39, 0.29) is 28.3 Å². The molecule has 0 bridgehead atoms. The van der Waals surface area contributed by atoms with E-state index in [1.165, 1.54) is 24.3 Å². The fourth-order valence-electron chi connectivity index (χ4n) is 1.68. The molecule has 102 valence electrons. The lowest BCUT2D eigenvalue weighted by Gasteiger charge is -2.09. The van der Waals surface area contributed by atoms with Crippen LogP contribution in [0.15, 0.2) is 42.5 Å². The third kappa shape index (κ3) is 2.69. The van der Waals surface area contributed by atoms with Crippen molar-refractivity contribution in [1.29, 1.82) is 0 Å². The van der Waals surface area contributed by atoms with Crippen molar-refractivity contribution >= 4 is 17.6 Å². The Labute approximate surface area is 113 Å². The second-order valence-electron chi connectivity index (χ2n) is 4.01. The lowest BCUT2D eigenvalue weighted by atomic mass is 10.1. The number of nitrogens with one attached hydrogen (secondary N) is 1. The quantitative estimate of drug-likeness (QED) is 0.684. The molecule has 0 saturated heterocycles. The van der Waals surface area contributed by atoms with Crippen molar-refractivity contribution in [3.05, 3.63) is 53.6 Å². The molecule has 4 N–H and O–H groups in total. The molecule has 1 amide bonds. The molecule has 0 aliphatic rings. The first-order valence-electron chi connectivity index (χ1n) is 5.64. The van der Waals surface area contributed by atoms with Crippen molar-refractivity contribution in [2.75, 3.05) is 5.32 Å². The van der Waals surface area contributed by atoms with E-state index in [4.69, 9.17) is 5.11 Å². The highest BCUT2D eigenvalue weighted by Gasteiger charge is 2.16. The number of carboxylic acid groups (broad SMARTS) is 1. The third-order valence-corrected chi connectivity index (χ3v) is 2.63. The summed E-state index contributed by atoms with van der Waals surface area (Å²) in [6, 6.07) is 9.38. The molecular weight excluding hydrogens is 262 g/mol. The smallest absolute Gasteiger partial charge is 0.337 e. The number of carboxylic acids is 1. The zero-order valence-corrected chi connectivity index (χ0v) is 10.2. The molecule has 2 aromatic rings.